The predicted octanol–water partition coefficient (Wildman–Crippen LogP) is 0.997. The van der Waals surface area contributed by atoms with Crippen molar-refractivity contribution in [1.29, 1.82) is 0 Å². The molecule has 18 heavy (non-hydrogen) atoms. The van der Waals surface area contributed by atoms with Gasteiger partial charge in [0.1, 0.15) is 0 Å². The highest BCUT2D eigenvalue weighted by Gasteiger charge is 2.41. The third-order valence-electron chi connectivity index (χ3n) is 3.95. The molecular formula is C13H20NO3S-. The molecule has 1 amide bonds. The number of rotatable bonds is 3. The summed E-state index contributed by atoms with van der Waals surface area (Å²) in [6, 6.07) is -0.727. The van der Waals surface area contributed by atoms with Crippen LogP contribution in [0.3, 0.4) is 0 Å². The summed E-state index contributed by atoms with van der Waals surface area (Å²) >= 11 is 1.62. The van der Waals surface area contributed by atoms with E-state index in [0.717, 1.165) is 12.8 Å². The molecule has 1 heterocycles. The van der Waals surface area contributed by atoms with Crippen molar-refractivity contribution in [1.82, 2.24) is 4.90 Å². The second-order valence-corrected chi connectivity index (χ2v) is 6.26. The van der Waals surface area contributed by atoms with Crippen LogP contribution >= 0.6 is 11.8 Å². The Morgan fingerprint density at radius 3 is 2.50 bits per heavy atom. The Balaban J connectivity index is 2.13. The van der Waals surface area contributed by atoms with E-state index in [2.05, 4.69) is 0 Å². The fourth-order valence-corrected chi connectivity index (χ4v) is 4.64. The molecule has 0 spiro atoms. The molecule has 0 bridgehead atoms. The van der Waals surface area contributed by atoms with E-state index in [0.29, 0.717) is 18.1 Å². The van der Waals surface area contributed by atoms with Crippen molar-refractivity contribution in [3.63, 3.8) is 0 Å². The molecule has 4 nitrogen and oxygen atoms in total. The van der Waals surface area contributed by atoms with E-state index in [4.69, 9.17) is 0 Å². The number of aliphatic carboxylic acids is 1. The first-order chi connectivity index (χ1) is 8.65. The maximum absolute atomic E-state index is 12.0. The van der Waals surface area contributed by atoms with Gasteiger partial charge in [-0.2, -0.15) is 0 Å². The standard InChI is InChI=1S/C13H21NO3S/c1-2-11(15)14-10(13(16)17)8-18-12(14)9-6-4-3-5-7-9/h9-10,12H,2-8H2,1H3,(H,16,17)/p-1/t10-,12+/m1/s1. The van der Waals surface area contributed by atoms with Crippen LogP contribution in [-0.4, -0.2) is 33.9 Å². The summed E-state index contributed by atoms with van der Waals surface area (Å²) in [5, 5.41) is 11.2. The van der Waals surface area contributed by atoms with Crippen LogP contribution < -0.4 is 5.11 Å². The lowest BCUT2D eigenvalue weighted by Gasteiger charge is -2.36. The van der Waals surface area contributed by atoms with Gasteiger partial charge in [0, 0.05) is 12.2 Å². The zero-order valence-corrected chi connectivity index (χ0v) is 11.6. The number of thioether (sulfide) groups is 1. The van der Waals surface area contributed by atoms with E-state index in [9.17, 15) is 14.7 Å². The Morgan fingerprint density at radius 1 is 1.28 bits per heavy atom. The Hall–Kier alpha value is -0.710. The quantitative estimate of drug-likeness (QED) is 0.767. The minimum atomic E-state index is -1.11. The molecule has 0 aromatic heterocycles. The smallest absolute Gasteiger partial charge is 0.223 e. The number of hydrogen-bond acceptors (Lipinski definition) is 4. The first-order valence-electron chi connectivity index (χ1n) is 6.78. The molecule has 2 rings (SSSR count). The molecule has 0 N–H and O–H groups in total. The van der Waals surface area contributed by atoms with Gasteiger partial charge in [-0.05, 0) is 18.8 Å². The Bertz CT molecular complexity index is 328. The van der Waals surface area contributed by atoms with Gasteiger partial charge >= 0.3 is 0 Å². The van der Waals surface area contributed by atoms with Gasteiger partial charge in [-0.15, -0.1) is 11.8 Å². The van der Waals surface area contributed by atoms with Crippen LogP contribution in [0.4, 0.5) is 0 Å². The van der Waals surface area contributed by atoms with E-state index in [1.807, 2.05) is 0 Å². The van der Waals surface area contributed by atoms with E-state index >= 15 is 0 Å². The minimum Gasteiger partial charge on any atom is -0.548 e. The molecule has 5 heteroatoms. The number of nitrogens with zero attached hydrogens (tertiary/aromatic N) is 1. The summed E-state index contributed by atoms with van der Waals surface area (Å²) in [4.78, 5) is 24.7. The number of carboxylic acid groups (broad SMARTS) is 1. The number of hydrogen-bond donors (Lipinski definition) is 0. The van der Waals surface area contributed by atoms with Crippen molar-refractivity contribution < 1.29 is 14.7 Å². The van der Waals surface area contributed by atoms with Crippen molar-refractivity contribution in [3.05, 3.63) is 0 Å². The topological polar surface area (TPSA) is 60.4 Å². The van der Waals surface area contributed by atoms with Gasteiger partial charge < -0.3 is 14.8 Å². The van der Waals surface area contributed by atoms with Gasteiger partial charge in [0.15, 0.2) is 0 Å². The van der Waals surface area contributed by atoms with Crippen LogP contribution in [0.1, 0.15) is 45.4 Å². The van der Waals surface area contributed by atoms with Crippen LogP contribution in [-0.2, 0) is 9.59 Å². The van der Waals surface area contributed by atoms with Crippen molar-refractivity contribution in [2.45, 2.75) is 56.9 Å². The molecule has 0 aromatic rings. The number of carbonyl (C=O) groups excluding carboxylic acids is 2. The van der Waals surface area contributed by atoms with Crippen LogP contribution in [0, 0.1) is 5.92 Å². The molecule has 0 radical (unpaired) electrons. The van der Waals surface area contributed by atoms with Crippen molar-refractivity contribution in [2.24, 2.45) is 5.92 Å². The second kappa shape index (κ2) is 5.95. The first kappa shape index (κ1) is 13.7. The number of amides is 1. The predicted molar refractivity (Wildman–Crippen MR) is 68.8 cm³/mol. The molecule has 1 saturated heterocycles. The van der Waals surface area contributed by atoms with Gasteiger partial charge in [0.05, 0.1) is 17.4 Å². The Morgan fingerprint density at radius 2 is 1.94 bits per heavy atom. The zero-order valence-electron chi connectivity index (χ0n) is 10.8. The average Bonchev–Trinajstić information content (AvgIpc) is 2.83. The zero-order chi connectivity index (χ0) is 13.1. The van der Waals surface area contributed by atoms with E-state index in [-0.39, 0.29) is 11.3 Å². The molecule has 1 aliphatic carbocycles. The summed E-state index contributed by atoms with van der Waals surface area (Å²) in [5.74, 6) is -0.217. The maximum Gasteiger partial charge on any atom is 0.223 e. The summed E-state index contributed by atoms with van der Waals surface area (Å²) in [7, 11) is 0. The monoisotopic (exact) mass is 270 g/mol. The highest BCUT2D eigenvalue weighted by Crippen LogP contribution is 2.40. The van der Waals surface area contributed by atoms with Crippen LogP contribution in [0.2, 0.25) is 0 Å². The molecule has 0 aromatic carbocycles. The molecule has 1 aliphatic heterocycles. The summed E-state index contributed by atoms with van der Waals surface area (Å²) in [5.41, 5.74) is 0. The highest BCUT2D eigenvalue weighted by molar-refractivity contribution is 8.00. The van der Waals surface area contributed by atoms with Crippen LogP contribution in [0.5, 0.6) is 0 Å². The SMILES string of the molecule is CCC(=O)N1[C@@H](C(=O)[O-])CS[C@H]1C1CCCCC1. The molecule has 2 atom stereocenters. The van der Waals surface area contributed by atoms with Gasteiger partial charge in [-0.1, -0.05) is 26.2 Å². The van der Waals surface area contributed by atoms with Crippen molar-refractivity contribution in [3.8, 4) is 0 Å². The third-order valence-corrected chi connectivity index (χ3v) is 5.41. The summed E-state index contributed by atoms with van der Waals surface area (Å²) in [6.45, 7) is 1.79. The van der Waals surface area contributed by atoms with Gasteiger partial charge in [0.25, 0.3) is 0 Å². The largest absolute Gasteiger partial charge is 0.548 e. The Labute approximate surface area is 112 Å². The second-order valence-electron chi connectivity index (χ2n) is 5.11. The lowest BCUT2D eigenvalue weighted by atomic mass is 9.88. The molecule has 1 saturated carbocycles. The molecule has 2 fully saturated rings. The van der Waals surface area contributed by atoms with Gasteiger partial charge in [-0.3, -0.25) is 4.79 Å². The minimum absolute atomic E-state index is 0.0511. The number of carbonyl (C=O) groups is 2. The highest BCUT2D eigenvalue weighted by atomic mass is 32.2. The lowest BCUT2D eigenvalue weighted by Crippen LogP contribution is -2.52. The number of carboxylic acids is 1. The molecule has 0 unspecified atom stereocenters. The van der Waals surface area contributed by atoms with Crippen LogP contribution in [0.25, 0.3) is 0 Å². The van der Waals surface area contributed by atoms with E-state index in [1.165, 1.54) is 19.3 Å². The Kier molecular flexibility index (Phi) is 4.54. The van der Waals surface area contributed by atoms with Gasteiger partial charge in [0.2, 0.25) is 5.91 Å². The normalized spacial score (nSPS) is 29.5. The lowest BCUT2D eigenvalue weighted by molar-refractivity contribution is -0.310. The summed E-state index contributed by atoms with van der Waals surface area (Å²) < 4.78 is 0. The summed E-state index contributed by atoms with van der Waals surface area (Å²) in [6.07, 6.45) is 6.26. The third kappa shape index (κ3) is 2.66. The van der Waals surface area contributed by atoms with E-state index in [1.54, 1.807) is 23.6 Å². The first-order valence-corrected chi connectivity index (χ1v) is 7.83. The molecular weight excluding hydrogens is 250 g/mol. The fraction of sp³-hybridized carbons (Fsp3) is 0.846. The fourth-order valence-electron chi connectivity index (χ4n) is 2.99. The van der Waals surface area contributed by atoms with Crippen molar-refractivity contribution >= 4 is 23.6 Å². The van der Waals surface area contributed by atoms with Gasteiger partial charge in [-0.25, -0.2) is 0 Å². The molecule has 2 aliphatic rings. The van der Waals surface area contributed by atoms with Crippen molar-refractivity contribution in [2.75, 3.05) is 5.75 Å². The maximum atomic E-state index is 12.0. The van der Waals surface area contributed by atoms with Crippen LogP contribution in [0.15, 0.2) is 0 Å². The molecule has 102 valence electrons. The average molecular weight is 270 g/mol. The van der Waals surface area contributed by atoms with E-state index < -0.39 is 12.0 Å².